The molecular formula is C11H13ClN2O3. The number of hydrogen-bond acceptors (Lipinski definition) is 3. The van der Waals surface area contributed by atoms with E-state index >= 15 is 0 Å². The number of nitro benzene ring substituents is 1. The fraction of sp³-hybridized carbons (Fsp3) is 0.364. The van der Waals surface area contributed by atoms with Crippen molar-refractivity contribution in [1.29, 1.82) is 0 Å². The molecule has 0 spiro atoms. The quantitative estimate of drug-likeness (QED) is 0.665. The molecule has 0 aliphatic heterocycles. The summed E-state index contributed by atoms with van der Waals surface area (Å²) in [5.41, 5.74) is 0.119. The lowest BCUT2D eigenvalue weighted by atomic mass is 10.1. The molecular weight excluding hydrogens is 244 g/mol. The van der Waals surface area contributed by atoms with E-state index in [0.29, 0.717) is 18.0 Å². The number of halogens is 1. The molecule has 1 amide bonds. The van der Waals surface area contributed by atoms with Crippen molar-refractivity contribution in [3.8, 4) is 0 Å². The maximum absolute atomic E-state index is 11.6. The molecule has 5 nitrogen and oxygen atoms in total. The molecule has 1 aromatic carbocycles. The number of benzene rings is 1. The fourth-order valence-electron chi connectivity index (χ4n) is 1.20. The van der Waals surface area contributed by atoms with Crippen molar-refractivity contribution >= 4 is 23.2 Å². The van der Waals surface area contributed by atoms with Gasteiger partial charge < -0.3 is 5.32 Å². The molecule has 0 atom stereocenters. The van der Waals surface area contributed by atoms with Gasteiger partial charge in [-0.3, -0.25) is 14.9 Å². The van der Waals surface area contributed by atoms with Crippen LogP contribution in [0.5, 0.6) is 0 Å². The molecule has 0 aromatic heterocycles. The van der Waals surface area contributed by atoms with Gasteiger partial charge in [-0.15, -0.1) is 0 Å². The Hall–Kier alpha value is -1.62. The third-order valence-corrected chi connectivity index (χ3v) is 2.38. The number of nitro groups is 1. The third-order valence-electron chi connectivity index (χ3n) is 2.08. The van der Waals surface area contributed by atoms with E-state index in [2.05, 4.69) is 5.32 Å². The summed E-state index contributed by atoms with van der Waals surface area (Å²) in [4.78, 5) is 21.6. The van der Waals surface area contributed by atoms with Crippen molar-refractivity contribution in [2.75, 3.05) is 6.54 Å². The maximum atomic E-state index is 11.6. The van der Waals surface area contributed by atoms with Gasteiger partial charge in [0.1, 0.15) is 5.02 Å². The molecule has 92 valence electrons. The fourth-order valence-corrected chi connectivity index (χ4v) is 1.44. The lowest BCUT2D eigenvalue weighted by Crippen LogP contribution is -2.27. The Balaban J connectivity index is 2.83. The van der Waals surface area contributed by atoms with Crippen LogP contribution in [0.4, 0.5) is 5.69 Å². The van der Waals surface area contributed by atoms with Gasteiger partial charge in [-0.1, -0.05) is 25.4 Å². The Morgan fingerprint density at radius 2 is 2.18 bits per heavy atom. The van der Waals surface area contributed by atoms with Gasteiger partial charge in [0, 0.05) is 18.2 Å². The number of rotatable bonds is 4. The number of carbonyl (C=O) groups is 1. The Labute approximate surface area is 104 Å². The topological polar surface area (TPSA) is 72.2 Å². The minimum absolute atomic E-state index is 0.0350. The summed E-state index contributed by atoms with van der Waals surface area (Å²) in [7, 11) is 0. The highest BCUT2D eigenvalue weighted by Crippen LogP contribution is 2.24. The molecule has 17 heavy (non-hydrogen) atoms. The molecule has 0 radical (unpaired) electrons. The maximum Gasteiger partial charge on any atom is 0.287 e. The molecule has 0 aliphatic carbocycles. The summed E-state index contributed by atoms with van der Waals surface area (Å²) in [6.07, 6.45) is 0. The predicted octanol–water partition coefficient (Wildman–Crippen LogP) is 2.63. The number of hydrogen-bond donors (Lipinski definition) is 1. The summed E-state index contributed by atoms with van der Waals surface area (Å²) < 4.78 is 0. The van der Waals surface area contributed by atoms with Gasteiger partial charge >= 0.3 is 0 Å². The Morgan fingerprint density at radius 3 is 2.65 bits per heavy atom. The summed E-state index contributed by atoms with van der Waals surface area (Å²) in [5, 5.41) is 13.2. The van der Waals surface area contributed by atoms with E-state index in [1.54, 1.807) is 0 Å². The van der Waals surface area contributed by atoms with Crippen LogP contribution in [-0.4, -0.2) is 17.4 Å². The van der Waals surface area contributed by atoms with Crippen molar-refractivity contribution < 1.29 is 9.72 Å². The van der Waals surface area contributed by atoms with Crippen LogP contribution in [0.15, 0.2) is 18.2 Å². The van der Waals surface area contributed by atoms with Crippen LogP contribution in [0.1, 0.15) is 24.2 Å². The number of carbonyl (C=O) groups excluding carboxylic acids is 1. The first-order valence-electron chi connectivity index (χ1n) is 5.14. The summed E-state index contributed by atoms with van der Waals surface area (Å²) in [6, 6.07) is 3.92. The van der Waals surface area contributed by atoms with Crippen LogP contribution >= 0.6 is 11.6 Å². The second kappa shape index (κ2) is 5.63. The third kappa shape index (κ3) is 3.71. The highest BCUT2D eigenvalue weighted by atomic mass is 35.5. The van der Waals surface area contributed by atoms with E-state index < -0.39 is 4.92 Å². The number of nitrogens with zero attached hydrogens (tertiary/aromatic N) is 1. The molecule has 0 heterocycles. The second-order valence-electron chi connectivity index (χ2n) is 4.03. The van der Waals surface area contributed by atoms with Crippen LogP contribution in [0.25, 0.3) is 0 Å². The average molecular weight is 257 g/mol. The Kier molecular flexibility index (Phi) is 4.45. The summed E-state index contributed by atoms with van der Waals surface area (Å²) >= 11 is 5.71. The lowest BCUT2D eigenvalue weighted by Gasteiger charge is -2.07. The zero-order valence-electron chi connectivity index (χ0n) is 9.57. The van der Waals surface area contributed by atoms with E-state index in [1.807, 2.05) is 13.8 Å². The Bertz CT molecular complexity index is 446. The monoisotopic (exact) mass is 256 g/mol. The summed E-state index contributed by atoms with van der Waals surface area (Å²) in [5.74, 6) is 0.0583. The minimum Gasteiger partial charge on any atom is -0.352 e. The molecule has 1 N–H and O–H groups in total. The lowest BCUT2D eigenvalue weighted by molar-refractivity contribution is -0.384. The van der Waals surface area contributed by atoms with Gasteiger partial charge in [0.25, 0.3) is 11.6 Å². The largest absolute Gasteiger partial charge is 0.352 e. The number of amides is 1. The predicted molar refractivity (Wildman–Crippen MR) is 65.3 cm³/mol. The molecule has 6 heteroatoms. The van der Waals surface area contributed by atoms with Crippen molar-refractivity contribution in [3.63, 3.8) is 0 Å². The van der Waals surface area contributed by atoms with Crippen LogP contribution in [0.2, 0.25) is 5.02 Å². The Morgan fingerprint density at radius 1 is 1.53 bits per heavy atom. The first-order valence-corrected chi connectivity index (χ1v) is 5.51. The van der Waals surface area contributed by atoms with Crippen LogP contribution in [-0.2, 0) is 0 Å². The second-order valence-corrected chi connectivity index (χ2v) is 4.43. The molecule has 0 aliphatic rings. The molecule has 1 rings (SSSR count). The van der Waals surface area contributed by atoms with Gasteiger partial charge in [-0.25, -0.2) is 0 Å². The molecule has 0 saturated heterocycles. The SMILES string of the molecule is CC(C)CNC(=O)c1ccc([N+](=O)[O-])c(Cl)c1. The van der Waals surface area contributed by atoms with Gasteiger partial charge in [0.15, 0.2) is 0 Å². The normalized spacial score (nSPS) is 10.4. The van der Waals surface area contributed by atoms with Crippen molar-refractivity contribution in [1.82, 2.24) is 5.32 Å². The van der Waals surface area contributed by atoms with Crippen molar-refractivity contribution in [2.45, 2.75) is 13.8 Å². The van der Waals surface area contributed by atoms with Gasteiger partial charge in [0.05, 0.1) is 4.92 Å². The molecule has 1 aromatic rings. The first-order chi connectivity index (χ1) is 7.91. The van der Waals surface area contributed by atoms with Crippen LogP contribution in [0.3, 0.4) is 0 Å². The van der Waals surface area contributed by atoms with Gasteiger partial charge in [-0.05, 0) is 18.1 Å². The van der Waals surface area contributed by atoms with Gasteiger partial charge in [0.2, 0.25) is 0 Å². The zero-order valence-corrected chi connectivity index (χ0v) is 10.3. The average Bonchev–Trinajstić information content (AvgIpc) is 2.25. The molecule has 0 fully saturated rings. The van der Waals surface area contributed by atoms with E-state index in [1.165, 1.54) is 18.2 Å². The molecule has 0 unspecified atom stereocenters. The van der Waals surface area contributed by atoms with E-state index in [0.717, 1.165) is 0 Å². The number of nitrogens with one attached hydrogen (secondary N) is 1. The van der Waals surface area contributed by atoms with Gasteiger partial charge in [-0.2, -0.15) is 0 Å². The molecule has 0 saturated carbocycles. The molecule has 0 bridgehead atoms. The van der Waals surface area contributed by atoms with E-state index in [4.69, 9.17) is 11.6 Å². The van der Waals surface area contributed by atoms with Crippen LogP contribution < -0.4 is 5.32 Å². The van der Waals surface area contributed by atoms with E-state index in [-0.39, 0.29) is 16.6 Å². The standard InChI is InChI=1S/C11H13ClN2O3/c1-7(2)6-13-11(15)8-3-4-10(14(16)17)9(12)5-8/h3-5,7H,6H2,1-2H3,(H,13,15). The van der Waals surface area contributed by atoms with E-state index in [9.17, 15) is 14.9 Å². The zero-order chi connectivity index (χ0) is 13.0. The highest BCUT2D eigenvalue weighted by Gasteiger charge is 2.15. The van der Waals surface area contributed by atoms with Crippen LogP contribution in [0, 0.1) is 16.0 Å². The summed E-state index contributed by atoms with van der Waals surface area (Å²) in [6.45, 7) is 4.50. The highest BCUT2D eigenvalue weighted by molar-refractivity contribution is 6.33. The minimum atomic E-state index is -0.585. The van der Waals surface area contributed by atoms with Crippen molar-refractivity contribution in [3.05, 3.63) is 38.9 Å². The first kappa shape index (κ1) is 13.4. The van der Waals surface area contributed by atoms with Crippen molar-refractivity contribution in [2.24, 2.45) is 5.92 Å². The smallest absolute Gasteiger partial charge is 0.287 e.